The molecule has 1 aromatic carbocycles. The van der Waals surface area contributed by atoms with Gasteiger partial charge in [-0.2, -0.15) is 0 Å². The lowest BCUT2D eigenvalue weighted by atomic mass is 9.81. The van der Waals surface area contributed by atoms with Gasteiger partial charge in [0.25, 0.3) is 0 Å². The first-order chi connectivity index (χ1) is 12.1. The van der Waals surface area contributed by atoms with Crippen LogP contribution in [0, 0.1) is 11.8 Å². The van der Waals surface area contributed by atoms with Crippen molar-refractivity contribution in [1.82, 2.24) is 4.98 Å². The Labute approximate surface area is 146 Å². The first-order valence-corrected chi connectivity index (χ1v) is 8.43. The van der Waals surface area contributed by atoms with Crippen molar-refractivity contribution in [2.45, 2.75) is 25.7 Å². The molecule has 1 amide bonds. The molecular formula is C19H21N3O3. The van der Waals surface area contributed by atoms with Crippen molar-refractivity contribution in [3.63, 3.8) is 0 Å². The number of carboxylic acids is 1. The molecular weight excluding hydrogens is 318 g/mol. The van der Waals surface area contributed by atoms with Crippen molar-refractivity contribution in [1.29, 1.82) is 0 Å². The molecule has 1 saturated carbocycles. The third kappa shape index (κ3) is 4.35. The van der Waals surface area contributed by atoms with E-state index in [0.717, 1.165) is 24.2 Å². The largest absolute Gasteiger partial charge is 0.481 e. The highest BCUT2D eigenvalue weighted by Crippen LogP contribution is 2.31. The van der Waals surface area contributed by atoms with Crippen LogP contribution in [-0.2, 0) is 9.59 Å². The van der Waals surface area contributed by atoms with E-state index in [1.54, 1.807) is 12.4 Å². The molecule has 2 aromatic rings. The quantitative estimate of drug-likeness (QED) is 0.773. The van der Waals surface area contributed by atoms with Crippen LogP contribution in [0.25, 0.3) is 0 Å². The SMILES string of the molecule is O=C(O)[C@@H]1CCC[C@H](C(=O)Nc2ccccc2Nc2ccncc2)C1. The van der Waals surface area contributed by atoms with E-state index in [1.807, 2.05) is 36.4 Å². The Morgan fingerprint density at radius 2 is 1.68 bits per heavy atom. The lowest BCUT2D eigenvalue weighted by Crippen LogP contribution is -2.31. The van der Waals surface area contributed by atoms with Crippen molar-refractivity contribution < 1.29 is 14.7 Å². The zero-order chi connectivity index (χ0) is 17.6. The Kier molecular flexibility index (Phi) is 5.28. The number of anilines is 3. The van der Waals surface area contributed by atoms with E-state index in [0.29, 0.717) is 18.5 Å². The summed E-state index contributed by atoms with van der Waals surface area (Å²) in [5.41, 5.74) is 2.34. The van der Waals surface area contributed by atoms with Gasteiger partial charge in [-0.25, -0.2) is 0 Å². The number of carbonyl (C=O) groups excluding carboxylic acids is 1. The van der Waals surface area contributed by atoms with Gasteiger partial charge in [0.15, 0.2) is 0 Å². The van der Waals surface area contributed by atoms with Gasteiger partial charge in [0.05, 0.1) is 17.3 Å². The number of nitrogens with one attached hydrogen (secondary N) is 2. The number of pyridine rings is 1. The summed E-state index contributed by atoms with van der Waals surface area (Å²) in [6, 6.07) is 11.2. The molecule has 1 aliphatic carbocycles. The number of rotatable bonds is 5. The van der Waals surface area contributed by atoms with Gasteiger partial charge in [0.1, 0.15) is 0 Å². The molecule has 3 rings (SSSR count). The highest BCUT2D eigenvalue weighted by atomic mass is 16.4. The predicted octanol–water partition coefficient (Wildman–Crippen LogP) is 3.65. The molecule has 1 aromatic heterocycles. The van der Waals surface area contributed by atoms with Gasteiger partial charge < -0.3 is 15.7 Å². The number of carboxylic acid groups (broad SMARTS) is 1. The van der Waals surface area contributed by atoms with Crippen LogP contribution in [0.5, 0.6) is 0 Å². The summed E-state index contributed by atoms with van der Waals surface area (Å²) in [5, 5.41) is 15.4. The minimum absolute atomic E-state index is 0.116. The molecule has 6 heteroatoms. The monoisotopic (exact) mass is 339 g/mol. The highest BCUT2D eigenvalue weighted by molar-refractivity contribution is 5.96. The number of benzene rings is 1. The van der Waals surface area contributed by atoms with Crippen LogP contribution < -0.4 is 10.6 Å². The average Bonchev–Trinajstić information content (AvgIpc) is 2.64. The zero-order valence-corrected chi connectivity index (χ0v) is 13.8. The van der Waals surface area contributed by atoms with Crippen molar-refractivity contribution in [3.8, 4) is 0 Å². The predicted molar refractivity (Wildman–Crippen MR) is 95.7 cm³/mol. The van der Waals surface area contributed by atoms with Gasteiger partial charge in [-0.3, -0.25) is 14.6 Å². The van der Waals surface area contributed by atoms with Crippen LogP contribution in [0.4, 0.5) is 17.1 Å². The molecule has 3 N–H and O–H groups in total. The van der Waals surface area contributed by atoms with Gasteiger partial charge in [-0.05, 0) is 43.5 Å². The Hall–Kier alpha value is -2.89. The fourth-order valence-corrected chi connectivity index (χ4v) is 3.18. The Morgan fingerprint density at radius 3 is 2.40 bits per heavy atom. The second-order valence-electron chi connectivity index (χ2n) is 6.29. The summed E-state index contributed by atoms with van der Waals surface area (Å²) >= 11 is 0. The van der Waals surface area contributed by atoms with E-state index in [1.165, 1.54) is 0 Å². The smallest absolute Gasteiger partial charge is 0.306 e. The minimum atomic E-state index is -0.808. The lowest BCUT2D eigenvalue weighted by Gasteiger charge is -2.26. The third-order valence-corrected chi connectivity index (χ3v) is 4.54. The third-order valence-electron chi connectivity index (χ3n) is 4.54. The fraction of sp³-hybridized carbons (Fsp3) is 0.316. The number of para-hydroxylation sites is 2. The number of aromatic nitrogens is 1. The van der Waals surface area contributed by atoms with Crippen LogP contribution in [0.1, 0.15) is 25.7 Å². The maximum absolute atomic E-state index is 12.6. The van der Waals surface area contributed by atoms with E-state index >= 15 is 0 Å². The number of aliphatic carboxylic acids is 1. The molecule has 0 spiro atoms. The number of carbonyl (C=O) groups is 2. The average molecular weight is 339 g/mol. The molecule has 25 heavy (non-hydrogen) atoms. The van der Waals surface area contributed by atoms with E-state index in [-0.39, 0.29) is 11.8 Å². The minimum Gasteiger partial charge on any atom is -0.481 e. The topological polar surface area (TPSA) is 91.3 Å². The van der Waals surface area contributed by atoms with Crippen molar-refractivity contribution in [2.24, 2.45) is 11.8 Å². The first-order valence-electron chi connectivity index (χ1n) is 8.43. The van der Waals surface area contributed by atoms with Crippen molar-refractivity contribution >= 4 is 28.9 Å². The maximum Gasteiger partial charge on any atom is 0.306 e. The molecule has 1 aliphatic rings. The number of nitrogens with zero attached hydrogens (tertiary/aromatic N) is 1. The van der Waals surface area contributed by atoms with Crippen LogP contribution in [-0.4, -0.2) is 22.0 Å². The van der Waals surface area contributed by atoms with Crippen LogP contribution in [0.3, 0.4) is 0 Å². The first kappa shape index (κ1) is 17.0. The molecule has 0 aliphatic heterocycles. The Morgan fingerprint density at radius 1 is 1.00 bits per heavy atom. The van der Waals surface area contributed by atoms with E-state index < -0.39 is 11.9 Å². The fourth-order valence-electron chi connectivity index (χ4n) is 3.18. The van der Waals surface area contributed by atoms with Crippen LogP contribution >= 0.6 is 0 Å². The molecule has 2 atom stereocenters. The molecule has 0 unspecified atom stereocenters. The van der Waals surface area contributed by atoms with Gasteiger partial charge in [0.2, 0.25) is 5.91 Å². The number of amides is 1. The summed E-state index contributed by atoms with van der Waals surface area (Å²) in [6.45, 7) is 0. The lowest BCUT2D eigenvalue weighted by molar-refractivity contribution is -0.143. The van der Waals surface area contributed by atoms with Crippen LogP contribution in [0.15, 0.2) is 48.8 Å². The van der Waals surface area contributed by atoms with Crippen molar-refractivity contribution in [3.05, 3.63) is 48.8 Å². The standard InChI is InChI=1S/C19H21N3O3/c23-18(13-4-3-5-14(12-13)19(24)25)22-17-7-2-1-6-16(17)21-15-8-10-20-11-9-15/h1-2,6-11,13-14H,3-5,12H2,(H,20,21)(H,22,23)(H,24,25)/t13-,14+/m0/s1. The summed E-state index contributed by atoms with van der Waals surface area (Å²) in [4.78, 5) is 27.8. The summed E-state index contributed by atoms with van der Waals surface area (Å²) in [5.74, 6) is -1.61. The molecule has 6 nitrogen and oxygen atoms in total. The molecule has 0 saturated heterocycles. The summed E-state index contributed by atoms with van der Waals surface area (Å²) in [6.07, 6.45) is 5.94. The van der Waals surface area contributed by atoms with E-state index in [2.05, 4.69) is 15.6 Å². The van der Waals surface area contributed by atoms with E-state index in [4.69, 9.17) is 0 Å². The van der Waals surface area contributed by atoms with Gasteiger partial charge >= 0.3 is 5.97 Å². The summed E-state index contributed by atoms with van der Waals surface area (Å²) in [7, 11) is 0. The van der Waals surface area contributed by atoms with Crippen LogP contribution in [0.2, 0.25) is 0 Å². The zero-order valence-electron chi connectivity index (χ0n) is 13.8. The normalized spacial score (nSPS) is 19.8. The Bertz CT molecular complexity index is 749. The van der Waals surface area contributed by atoms with Gasteiger partial charge in [0, 0.05) is 24.0 Å². The molecule has 130 valence electrons. The number of hydrogen-bond donors (Lipinski definition) is 3. The molecule has 1 fully saturated rings. The van der Waals surface area contributed by atoms with E-state index in [9.17, 15) is 14.7 Å². The Balaban J connectivity index is 1.70. The molecule has 0 bridgehead atoms. The highest BCUT2D eigenvalue weighted by Gasteiger charge is 2.31. The maximum atomic E-state index is 12.6. The van der Waals surface area contributed by atoms with Gasteiger partial charge in [-0.1, -0.05) is 18.6 Å². The molecule has 0 radical (unpaired) electrons. The second kappa shape index (κ2) is 7.79. The molecule has 1 heterocycles. The summed E-state index contributed by atoms with van der Waals surface area (Å²) < 4.78 is 0. The second-order valence-corrected chi connectivity index (χ2v) is 6.29. The van der Waals surface area contributed by atoms with Crippen molar-refractivity contribution in [2.75, 3.05) is 10.6 Å². The number of hydrogen-bond acceptors (Lipinski definition) is 4. The van der Waals surface area contributed by atoms with Gasteiger partial charge in [-0.15, -0.1) is 0 Å².